The van der Waals surface area contributed by atoms with Crippen molar-refractivity contribution in [2.24, 2.45) is 0 Å². The molecule has 0 unspecified atom stereocenters. The fraction of sp³-hybridized carbons (Fsp3) is 0.188. The Kier molecular flexibility index (Phi) is 3.58. The summed E-state index contributed by atoms with van der Waals surface area (Å²) >= 11 is 0. The number of nitrogen functional groups attached to an aromatic ring is 1. The van der Waals surface area contributed by atoms with E-state index >= 15 is 0 Å². The Hall–Kier alpha value is -2.40. The number of nitrogens with two attached hydrogens (primary N) is 1. The van der Waals surface area contributed by atoms with Crippen LogP contribution in [0.1, 0.15) is 11.5 Å². The molecule has 0 aliphatic rings. The molecule has 108 valence electrons. The molecule has 0 aliphatic heterocycles. The first-order valence-corrected chi connectivity index (χ1v) is 6.69. The molecule has 0 aliphatic carbocycles. The van der Waals surface area contributed by atoms with Gasteiger partial charge in [0.1, 0.15) is 11.3 Å². The Labute approximate surface area is 122 Å². The number of nitrogens with zero attached hydrogens (tertiary/aromatic N) is 2. The second-order valence-corrected chi connectivity index (χ2v) is 5.10. The van der Waals surface area contributed by atoms with Crippen molar-refractivity contribution in [1.82, 2.24) is 9.88 Å². The Morgan fingerprint density at radius 2 is 1.90 bits per heavy atom. The maximum atomic E-state index is 12.9. The molecule has 0 spiro atoms. The van der Waals surface area contributed by atoms with Gasteiger partial charge in [0.25, 0.3) is 0 Å². The van der Waals surface area contributed by atoms with Gasteiger partial charge in [-0.1, -0.05) is 18.2 Å². The van der Waals surface area contributed by atoms with Crippen LogP contribution < -0.4 is 5.73 Å². The Morgan fingerprint density at radius 1 is 1.14 bits per heavy atom. The summed E-state index contributed by atoms with van der Waals surface area (Å²) in [7, 11) is 1.96. The normalized spacial score (nSPS) is 11.4. The Morgan fingerprint density at radius 3 is 2.62 bits per heavy atom. The molecule has 0 bridgehead atoms. The maximum absolute atomic E-state index is 12.9. The number of hydrogen-bond acceptors (Lipinski definition) is 4. The molecular formula is C16H16FN3O. The zero-order chi connectivity index (χ0) is 14.8. The molecule has 1 aromatic heterocycles. The van der Waals surface area contributed by atoms with Crippen LogP contribution in [0, 0.1) is 5.82 Å². The smallest absolute Gasteiger partial charge is 0.209 e. The first-order valence-electron chi connectivity index (χ1n) is 6.69. The van der Waals surface area contributed by atoms with Gasteiger partial charge in [-0.2, -0.15) is 0 Å². The highest BCUT2D eigenvalue weighted by molar-refractivity contribution is 5.85. The van der Waals surface area contributed by atoms with Crippen LogP contribution in [-0.2, 0) is 13.1 Å². The van der Waals surface area contributed by atoms with Gasteiger partial charge in [-0.15, -0.1) is 0 Å². The number of fused-ring (bicyclic) bond motifs is 1. The van der Waals surface area contributed by atoms with Crippen molar-refractivity contribution in [3.05, 3.63) is 59.7 Å². The van der Waals surface area contributed by atoms with Crippen molar-refractivity contribution in [2.45, 2.75) is 13.1 Å². The lowest BCUT2D eigenvalue weighted by atomic mass is 10.2. The van der Waals surface area contributed by atoms with E-state index in [1.165, 1.54) is 12.1 Å². The van der Waals surface area contributed by atoms with E-state index in [0.29, 0.717) is 35.8 Å². The van der Waals surface area contributed by atoms with Crippen LogP contribution in [0.5, 0.6) is 0 Å². The van der Waals surface area contributed by atoms with Gasteiger partial charge < -0.3 is 10.2 Å². The van der Waals surface area contributed by atoms with Crippen molar-refractivity contribution < 1.29 is 8.81 Å². The maximum Gasteiger partial charge on any atom is 0.209 e. The first kappa shape index (κ1) is 13.6. The summed E-state index contributed by atoms with van der Waals surface area (Å²) in [6.07, 6.45) is 0. The summed E-state index contributed by atoms with van der Waals surface area (Å²) in [5, 5.41) is 0. The Bertz CT molecular complexity index is 752. The Balaban J connectivity index is 1.72. The fourth-order valence-corrected chi connectivity index (χ4v) is 2.27. The highest BCUT2D eigenvalue weighted by atomic mass is 19.1. The zero-order valence-corrected chi connectivity index (χ0v) is 11.7. The van der Waals surface area contributed by atoms with E-state index in [9.17, 15) is 4.39 Å². The van der Waals surface area contributed by atoms with Crippen LogP contribution in [0.25, 0.3) is 11.1 Å². The number of hydrogen-bond donors (Lipinski definition) is 1. The second-order valence-electron chi connectivity index (χ2n) is 5.10. The molecule has 1 heterocycles. The van der Waals surface area contributed by atoms with Gasteiger partial charge in [0.2, 0.25) is 5.89 Å². The zero-order valence-electron chi connectivity index (χ0n) is 11.7. The lowest BCUT2D eigenvalue weighted by molar-refractivity contribution is 0.285. The summed E-state index contributed by atoms with van der Waals surface area (Å²) in [5.74, 6) is 0.392. The van der Waals surface area contributed by atoms with E-state index in [1.54, 1.807) is 18.2 Å². The van der Waals surface area contributed by atoms with Gasteiger partial charge in [-0.05, 0) is 36.9 Å². The quantitative estimate of drug-likeness (QED) is 0.748. The number of benzene rings is 2. The second kappa shape index (κ2) is 5.54. The molecule has 3 aromatic rings. The van der Waals surface area contributed by atoms with Crippen molar-refractivity contribution in [1.29, 1.82) is 0 Å². The van der Waals surface area contributed by atoms with E-state index in [0.717, 1.165) is 5.56 Å². The minimum Gasteiger partial charge on any atom is -0.439 e. The number of para-hydroxylation sites is 1. The highest BCUT2D eigenvalue weighted by Crippen LogP contribution is 2.21. The topological polar surface area (TPSA) is 55.3 Å². The van der Waals surface area contributed by atoms with Gasteiger partial charge in [0.15, 0.2) is 5.58 Å². The van der Waals surface area contributed by atoms with Gasteiger partial charge >= 0.3 is 0 Å². The molecule has 4 nitrogen and oxygen atoms in total. The minimum absolute atomic E-state index is 0.226. The van der Waals surface area contributed by atoms with Crippen LogP contribution in [0.4, 0.5) is 10.1 Å². The molecule has 5 heteroatoms. The highest BCUT2D eigenvalue weighted by Gasteiger charge is 2.10. The molecule has 2 aromatic carbocycles. The number of halogens is 1. The number of anilines is 1. The SMILES string of the molecule is CN(Cc1ccc(F)cc1)Cc1nc2c(N)cccc2o1. The summed E-state index contributed by atoms with van der Waals surface area (Å²) in [5.41, 5.74) is 8.91. The number of aromatic nitrogens is 1. The predicted octanol–water partition coefficient (Wildman–Crippen LogP) is 3.18. The summed E-state index contributed by atoms with van der Waals surface area (Å²) < 4.78 is 18.6. The minimum atomic E-state index is -0.226. The van der Waals surface area contributed by atoms with E-state index in [4.69, 9.17) is 10.2 Å². The molecule has 0 amide bonds. The number of rotatable bonds is 4. The molecule has 0 fully saturated rings. The number of oxazole rings is 1. The van der Waals surface area contributed by atoms with Crippen LogP contribution in [0.2, 0.25) is 0 Å². The van der Waals surface area contributed by atoms with Gasteiger partial charge in [-0.3, -0.25) is 4.90 Å². The van der Waals surface area contributed by atoms with Crippen LogP contribution in [-0.4, -0.2) is 16.9 Å². The van der Waals surface area contributed by atoms with Gasteiger partial charge in [0.05, 0.1) is 12.2 Å². The molecule has 0 atom stereocenters. The first-order chi connectivity index (χ1) is 10.1. The third-order valence-electron chi connectivity index (χ3n) is 3.27. The van der Waals surface area contributed by atoms with Crippen molar-refractivity contribution in [3.63, 3.8) is 0 Å². The third-order valence-corrected chi connectivity index (χ3v) is 3.27. The monoisotopic (exact) mass is 285 g/mol. The predicted molar refractivity (Wildman–Crippen MR) is 80.0 cm³/mol. The summed E-state index contributed by atoms with van der Waals surface area (Å²) in [4.78, 5) is 6.46. The molecule has 3 rings (SSSR count). The lowest BCUT2D eigenvalue weighted by Crippen LogP contribution is -2.17. The standard InChI is InChI=1S/C16H16FN3O/c1-20(9-11-5-7-12(17)8-6-11)10-15-19-16-13(18)3-2-4-14(16)21-15/h2-8H,9-10,18H2,1H3. The van der Waals surface area contributed by atoms with E-state index in [2.05, 4.69) is 4.98 Å². The fourth-order valence-electron chi connectivity index (χ4n) is 2.27. The molecule has 2 N–H and O–H groups in total. The van der Waals surface area contributed by atoms with Gasteiger partial charge in [0, 0.05) is 6.54 Å². The molecule has 0 saturated heterocycles. The molecule has 0 saturated carbocycles. The van der Waals surface area contributed by atoms with Crippen molar-refractivity contribution >= 4 is 16.8 Å². The van der Waals surface area contributed by atoms with Crippen molar-refractivity contribution in [2.75, 3.05) is 12.8 Å². The molecular weight excluding hydrogens is 269 g/mol. The van der Waals surface area contributed by atoms with Gasteiger partial charge in [-0.25, -0.2) is 9.37 Å². The van der Waals surface area contributed by atoms with Crippen LogP contribution >= 0.6 is 0 Å². The average molecular weight is 285 g/mol. The van der Waals surface area contributed by atoms with E-state index < -0.39 is 0 Å². The third kappa shape index (κ3) is 3.03. The van der Waals surface area contributed by atoms with Crippen molar-refractivity contribution in [3.8, 4) is 0 Å². The lowest BCUT2D eigenvalue weighted by Gasteiger charge is -2.14. The summed E-state index contributed by atoms with van der Waals surface area (Å²) in [6, 6.07) is 12.0. The average Bonchev–Trinajstić information content (AvgIpc) is 2.85. The van der Waals surface area contributed by atoms with Crippen LogP contribution in [0.15, 0.2) is 46.9 Å². The van der Waals surface area contributed by atoms with Crippen LogP contribution in [0.3, 0.4) is 0 Å². The molecule has 0 radical (unpaired) electrons. The van der Waals surface area contributed by atoms with E-state index in [1.807, 2.05) is 24.1 Å². The van der Waals surface area contributed by atoms with E-state index in [-0.39, 0.29) is 5.82 Å². The largest absolute Gasteiger partial charge is 0.439 e. The summed E-state index contributed by atoms with van der Waals surface area (Å²) in [6.45, 7) is 1.25. The molecule has 21 heavy (non-hydrogen) atoms.